The molecule has 0 N–H and O–H groups in total. The average molecular weight is 254 g/mol. The number of thioether (sulfide) groups is 1. The van der Waals surface area contributed by atoms with Crippen molar-refractivity contribution in [3.05, 3.63) is 28.0 Å². The molecular weight excluding hydrogens is 236 g/mol. The second-order valence-electron chi connectivity index (χ2n) is 3.32. The summed E-state index contributed by atoms with van der Waals surface area (Å²) < 4.78 is 11.0. The van der Waals surface area contributed by atoms with Crippen LogP contribution in [-0.4, -0.2) is 29.5 Å². The van der Waals surface area contributed by atoms with Crippen LogP contribution in [0.15, 0.2) is 22.5 Å². The van der Waals surface area contributed by atoms with Crippen LogP contribution in [0.25, 0.3) is 5.53 Å². The van der Waals surface area contributed by atoms with Crippen LogP contribution in [0.1, 0.15) is 27.2 Å². The number of hydrogen-bond donors (Lipinski definition) is 0. The summed E-state index contributed by atoms with van der Waals surface area (Å²) in [4.78, 5) is 4.33. The molecule has 0 heterocycles. The van der Waals surface area contributed by atoms with Gasteiger partial charge in [0.2, 0.25) is 5.76 Å². The summed E-state index contributed by atoms with van der Waals surface area (Å²) in [5.74, 6) is 2.46. The number of allylic oxidation sites excluding steroid dienone is 3. The first-order valence-corrected chi connectivity index (χ1v) is 6.79. The highest BCUT2D eigenvalue weighted by Gasteiger charge is 2.27. The molecule has 0 saturated carbocycles. The van der Waals surface area contributed by atoms with Crippen molar-refractivity contribution in [3.8, 4) is 0 Å². The van der Waals surface area contributed by atoms with Crippen LogP contribution in [0.4, 0.5) is 0 Å². The number of ether oxygens (including phenoxy) is 2. The van der Waals surface area contributed by atoms with Crippen molar-refractivity contribution in [1.82, 2.24) is 0 Å². The fourth-order valence-corrected chi connectivity index (χ4v) is 2.34. The number of hydrogen-bond acceptors (Lipinski definition) is 3. The second-order valence-corrected chi connectivity index (χ2v) is 4.62. The molecule has 0 atom stereocenters. The van der Waals surface area contributed by atoms with Gasteiger partial charge < -0.3 is 15.0 Å². The van der Waals surface area contributed by atoms with Gasteiger partial charge in [-0.05, 0) is 19.6 Å². The average Bonchev–Trinajstić information content (AvgIpc) is 2.33. The van der Waals surface area contributed by atoms with Crippen LogP contribution in [0.2, 0.25) is 0 Å². The minimum Gasteiger partial charge on any atom is -0.496 e. The molecule has 0 fully saturated rings. The summed E-state index contributed by atoms with van der Waals surface area (Å²) in [7, 11) is 0. The summed E-state index contributed by atoms with van der Waals surface area (Å²) in [5.41, 5.74) is 9.50. The van der Waals surface area contributed by atoms with E-state index < -0.39 is 0 Å². The van der Waals surface area contributed by atoms with Gasteiger partial charge in [-0.15, -0.1) is 11.8 Å². The van der Waals surface area contributed by atoms with E-state index in [-0.39, 0.29) is 0 Å². The van der Waals surface area contributed by atoms with Crippen molar-refractivity contribution in [2.75, 3.05) is 19.0 Å². The smallest absolute Gasteiger partial charge is 0.340 e. The Morgan fingerprint density at radius 1 is 1.29 bits per heavy atom. The van der Waals surface area contributed by atoms with E-state index in [0.717, 1.165) is 16.4 Å². The Balaban J connectivity index is 3.03. The Labute approximate surface area is 106 Å². The van der Waals surface area contributed by atoms with E-state index in [2.05, 4.69) is 11.7 Å². The van der Waals surface area contributed by atoms with Crippen LogP contribution >= 0.6 is 11.8 Å². The van der Waals surface area contributed by atoms with Crippen LogP contribution < -0.4 is 0 Å². The standard InChI is InChI=1S/C12H18N2O2S/c1-4-15-10-8-12(17-6-3)11(16-5-2)7-9(10)14-13/h8H,4-7H2,1-3H3. The molecule has 4 nitrogen and oxygen atoms in total. The van der Waals surface area contributed by atoms with Crippen molar-refractivity contribution >= 4 is 17.5 Å². The van der Waals surface area contributed by atoms with Gasteiger partial charge in [-0.1, -0.05) is 6.92 Å². The SMILES string of the molecule is CCOC1=CC(SCC)=C(OCC)CC1=[N+]=[N-]. The predicted octanol–water partition coefficient (Wildman–Crippen LogP) is 2.98. The van der Waals surface area contributed by atoms with Crippen molar-refractivity contribution in [1.29, 1.82) is 0 Å². The fourth-order valence-electron chi connectivity index (χ4n) is 1.55. The van der Waals surface area contributed by atoms with E-state index >= 15 is 0 Å². The molecule has 0 bridgehead atoms. The summed E-state index contributed by atoms with van der Waals surface area (Å²) in [6.07, 6.45) is 2.37. The van der Waals surface area contributed by atoms with Crippen molar-refractivity contribution in [2.24, 2.45) is 0 Å². The lowest BCUT2D eigenvalue weighted by molar-refractivity contribution is -0.0134. The molecule has 0 saturated heterocycles. The van der Waals surface area contributed by atoms with Gasteiger partial charge in [0.25, 0.3) is 0 Å². The van der Waals surface area contributed by atoms with Crippen LogP contribution in [0.3, 0.4) is 0 Å². The normalized spacial score (nSPS) is 15.5. The minimum absolute atomic E-state index is 0.485. The first-order valence-electron chi connectivity index (χ1n) is 5.81. The van der Waals surface area contributed by atoms with Crippen LogP contribution in [-0.2, 0) is 9.47 Å². The van der Waals surface area contributed by atoms with Gasteiger partial charge in [-0.2, -0.15) is 4.79 Å². The first-order chi connectivity index (χ1) is 8.26. The highest BCUT2D eigenvalue weighted by molar-refractivity contribution is 8.03. The van der Waals surface area contributed by atoms with Crippen molar-refractivity contribution < 1.29 is 14.3 Å². The van der Waals surface area contributed by atoms with E-state index in [4.69, 9.17) is 15.0 Å². The maximum absolute atomic E-state index is 8.97. The molecule has 0 spiro atoms. The Hall–Kier alpha value is -1.19. The third-order valence-corrected chi connectivity index (χ3v) is 3.13. The summed E-state index contributed by atoms with van der Waals surface area (Å²) in [6, 6.07) is 0. The van der Waals surface area contributed by atoms with Crippen molar-refractivity contribution in [3.63, 3.8) is 0 Å². The Morgan fingerprint density at radius 3 is 2.53 bits per heavy atom. The molecule has 0 aromatic carbocycles. The monoisotopic (exact) mass is 254 g/mol. The molecule has 1 aliphatic rings. The number of nitrogens with zero attached hydrogens (tertiary/aromatic N) is 2. The molecule has 0 amide bonds. The van der Waals surface area contributed by atoms with E-state index in [9.17, 15) is 0 Å². The molecule has 94 valence electrons. The molecule has 0 radical (unpaired) electrons. The lowest BCUT2D eigenvalue weighted by Gasteiger charge is -2.16. The van der Waals surface area contributed by atoms with Crippen molar-refractivity contribution in [2.45, 2.75) is 27.2 Å². The minimum atomic E-state index is 0.485. The third-order valence-electron chi connectivity index (χ3n) is 2.19. The topological polar surface area (TPSA) is 54.9 Å². The molecule has 0 aromatic heterocycles. The van der Waals surface area contributed by atoms with Gasteiger partial charge in [0, 0.05) is 11.0 Å². The van der Waals surface area contributed by atoms with E-state index in [1.165, 1.54) is 0 Å². The summed E-state index contributed by atoms with van der Waals surface area (Å²) in [5, 5.41) is 0. The zero-order chi connectivity index (χ0) is 12.7. The molecule has 1 aliphatic carbocycles. The quantitative estimate of drug-likeness (QED) is 0.541. The highest BCUT2D eigenvalue weighted by Crippen LogP contribution is 2.30. The second kappa shape index (κ2) is 7.20. The summed E-state index contributed by atoms with van der Waals surface area (Å²) in [6.45, 7) is 7.10. The maximum atomic E-state index is 8.97. The Morgan fingerprint density at radius 2 is 2.00 bits per heavy atom. The molecule has 5 heteroatoms. The highest BCUT2D eigenvalue weighted by atomic mass is 32.2. The summed E-state index contributed by atoms with van der Waals surface area (Å²) >= 11 is 1.70. The van der Waals surface area contributed by atoms with Gasteiger partial charge >= 0.3 is 5.71 Å². The Bertz CT molecular complexity index is 382. The largest absolute Gasteiger partial charge is 0.496 e. The lowest BCUT2D eigenvalue weighted by atomic mass is 10.1. The van der Waals surface area contributed by atoms with Gasteiger partial charge in [0.05, 0.1) is 13.2 Å². The van der Waals surface area contributed by atoms with Gasteiger partial charge in [0.15, 0.2) is 0 Å². The van der Waals surface area contributed by atoms with E-state index in [1.54, 1.807) is 11.8 Å². The van der Waals surface area contributed by atoms with E-state index in [1.807, 2.05) is 19.9 Å². The third kappa shape index (κ3) is 3.65. The Kier molecular flexibility index (Phi) is 5.87. The molecule has 0 aromatic rings. The molecule has 1 rings (SSSR count). The number of rotatable bonds is 6. The van der Waals surface area contributed by atoms with E-state index in [0.29, 0.717) is 31.1 Å². The lowest BCUT2D eigenvalue weighted by Crippen LogP contribution is -2.15. The van der Waals surface area contributed by atoms with Gasteiger partial charge in [0.1, 0.15) is 12.2 Å². The predicted molar refractivity (Wildman–Crippen MR) is 69.7 cm³/mol. The fraction of sp³-hybridized carbons (Fsp3) is 0.583. The zero-order valence-electron chi connectivity index (χ0n) is 10.5. The molecular formula is C12H18N2O2S. The molecule has 17 heavy (non-hydrogen) atoms. The zero-order valence-corrected chi connectivity index (χ0v) is 11.3. The molecule has 0 aliphatic heterocycles. The van der Waals surface area contributed by atoms with Crippen LogP contribution in [0.5, 0.6) is 0 Å². The maximum Gasteiger partial charge on any atom is 0.340 e. The first kappa shape index (κ1) is 13.9. The molecule has 0 unspecified atom stereocenters. The van der Waals surface area contributed by atoms with Gasteiger partial charge in [-0.3, -0.25) is 0 Å². The van der Waals surface area contributed by atoms with Crippen LogP contribution in [0, 0.1) is 0 Å². The van der Waals surface area contributed by atoms with Gasteiger partial charge in [-0.25, -0.2) is 0 Å².